The molecule has 0 saturated carbocycles. The third-order valence-electron chi connectivity index (χ3n) is 5.62. The van der Waals surface area contributed by atoms with Crippen molar-refractivity contribution in [2.45, 2.75) is 38.1 Å². The Morgan fingerprint density at radius 1 is 1.00 bits per heavy atom. The SMILES string of the molecule is CCOc1ccc(N(CC(=O)NC(CC)c2ccc(OC)c(C)c2)S(=O)(=O)c2ccccc2)cc1. The summed E-state index contributed by atoms with van der Waals surface area (Å²) in [5.74, 6) is 0.989. The van der Waals surface area contributed by atoms with Gasteiger partial charge in [0.05, 0.1) is 30.3 Å². The maximum absolute atomic E-state index is 13.5. The number of sulfonamides is 1. The van der Waals surface area contributed by atoms with Gasteiger partial charge in [0, 0.05) is 0 Å². The van der Waals surface area contributed by atoms with Gasteiger partial charge in [-0.3, -0.25) is 9.10 Å². The number of nitrogens with one attached hydrogen (secondary N) is 1. The topological polar surface area (TPSA) is 84.9 Å². The zero-order valence-corrected chi connectivity index (χ0v) is 21.3. The zero-order chi connectivity index (χ0) is 25.4. The Kier molecular flexibility index (Phi) is 8.76. The Balaban J connectivity index is 1.89. The van der Waals surface area contributed by atoms with Gasteiger partial charge in [-0.25, -0.2) is 8.42 Å². The highest BCUT2D eigenvalue weighted by Crippen LogP contribution is 2.27. The molecule has 0 spiro atoms. The van der Waals surface area contributed by atoms with Crippen molar-refractivity contribution in [2.24, 2.45) is 0 Å². The van der Waals surface area contributed by atoms with Crippen LogP contribution in [0.15, 0.2) is 77.7 Å². The molecule has 3 aromatic rings. The minimum Gasteiger partial charge on any atom is -0.496 e. The average molecular weight is 497 g/mol. The smallest absolute Gasteiger partial charge is 0.264 e. The Hall–Kier alpha value is -3.52. The summed E-state index contributed by atoms with van der Waals surface area (Å²) in [5, 5.41) is 2.99. The zero-order valence-electron chi connectivity index (χ0n) is 20.5. The molecule has 186 valence electrons. The van der Waals surface area contributed by atoms with Gasteiger partial charge in [0.25, 0.3) is 10.0 Å². The molecule has 0 bridgehead atoms. The number of nitrogens with zero attached hydrogens (tertiary/aromatic N) is 1. The van der Waals surface area contributed by atoms with Crippen LogP contribution in [-0.4, -0.2) is 34.6 Å². The van der Waals surface area contributed by atoms with E-state index in [1.54, 1.807) is 49.6 Å². The van der Waals surface area contributed by atoms with Crippen LogP contribution in [0.2, 0.25) is 0 Å². The maximum Gasteiger partial charge on any atom is 0.264 e. The normalized spacial score (nSPS) is 12.0. The second-order valence-electron chi connectivity index (χ2n) is 8.01. The molecule has 8 heteroatoms. The summed E-state index contributed by atoms with van der Waals surface area (Å²) in [6, 6.07) is 20.2. The lowest BCUT2D eigenvalue weighted by Crippen LogP contribution is -2.42. The first-order valence-corrected chi connectivity index (χ1v) is 13.0. The van der Waals surface area contributed by atoms with Crippen molar-refractivity contribution in [2.75, 3.05) is 24.6 Å². The summed E-state index contributed by atoms with van der Waals surface area (Å²) < 4.78 is 39.0. The lowest BCUT2D eigenvalue weighted by Gasteiger charge is -2.26. The number of hydrogen-bond acceptors (Lipinski definition) is 5. The van der Waals surface area contributed by atoms with Gasteiger partial charge in [-0.05, 0) is 73.9 Å². The van der Waals surface area contributed by atoms with Crippen molar-refractivity contribution >= 4 is 21.6 Å². The van der Waals surface area contributed by atoms with E-state index in [1.165, 1.54) is 12.1 Å². The van der Waals surface area contributed by atoms with E-state index in [-0.39, 0.29) is 17.5 Å². The fourth-order valence-corrected chi connectivity index (χ4v) is 5.26. The molecule has 0 fully saturated rings. The van der Waals surface area contributed by atoms with E-state index >= 15 is 0 Å². The van der Waals surface area contributed by atoms with E-state index in [2.05, 4.69) is 5.32 Å². The van der Waals surface area contributed by atoms with Gasteiger partial charge < -0.3 is 14.8 Å². The van der Waals surface area contributed by atoms with Crippen molar-refractivity contribution in [3.63, 3.8) is 0 Å². The lowest BCUT2D eigenvalue weighted by atomic mass is 10.0. The molecule has 0 aliphatic rings. The van der Waals surface area contributed by atoms with Crippen LogP contribution in [0.4, 0.5) is 5.69 Å². The molecule has 1 unspecified atom stereocenters. The Morgan fingerprint density at radius 2 is 1.69 bits per heavy atom. The summed E-state index contributed by atoms with van der Waals surface area (Å²) >= 11 is 0. The van der Waals surface area contributed by atoms with E-state index in [4.69, 9.17) is 9.47 Å². The van der Waals surface area contributed by atoms with Crippen molar-refractivity contribution < 1.29 is 22.7 Å². The Morgan fingerprint density at radius 3 is 2.26 bits per heavy atom. The highest BCUT2D eigenvalue weighted by atomic mass is 32.2. The van der Waals surface area contributed by atoms with Crippen LogP contribution < -0.4 is 19.1 Å². The van der Waals surface area contributed by atoms with Crippen molar-refractivity contribution in [1.29, 1.82) is 0 Å². The third kappa shape index (κ3) is 6.33. The van der Waals surface area contributed by atoms with E-state index < -0.39 is 15.9 Å². The summed E-state index contributed by atoms with van der Waals surface area (Å²) in [6.07, 6.45) is 0.645. The van der Waals surface area contributed by atoms with Crippen LogP contribution in [-0.2, 0) is 14.8 Å². The molecule has 0 radical (unpaired) electrons. The molecule has 1 amide bonds. The predicted molar refractivity (Wildman–Crippen MR) is 137 cm³/mol. The molecular weight excluding hydrogens is 464 g/mol. The number of benzene rings is 3. The highest BCUT2D eigenvalue weighted by molar-refractivity contribution is 7.92. The molecule has 7 nitrogen and oxygen atoms in total. The number of carbonyl (C=O) groups is 1. The summed E-state index contributed by atoms with van der Waals surface area (Å²) in [5.41, 5.74) is 2.26. The fourth-order valence-electron chi connectivity index (χ4n) is 3.82. The van der Waals surface area contributed by atoms with Crippen LogP contribution >= 0.6 is 0 Å². The maximum atomic E-state index is 13.5. The van der Waals surface area contributed by atoms with Crippen LogP contribution in [0, 0.1) is 6.92 Å². The predicted octanol–water partition coefficient (Wildman–Crippen LogP) is 4.87. The van der Waals surface area contributed by atoms with E-state index in [0.717, 1.165) is 21.2 Å². The quantitative estimate of drug-likeness (QED) is 0.410. The van der Waals surface area contributed by atoms with Crippen molar-refractivity contribution in [3.05, 3.63) is 83.9 Å². The van der Waals surface area contributed by atoms with Gasteiger partial charge in [0.15, 0.2) is 0 Å². The molecule has 35 heavy (non-hydrogen) atoms. The number of aryl methyl sites for hydroxylation is 1. The number of rotatable bonds is 11. The molecule has 1 atom stereocenters. The summed E-state index contributed by atoms with van der Waals surface area (Å²) in [4.78, 5) is 13.3. The van der Waals surface area contributed by atoms with E-state index in [1.807, 2.05) is 39.0 Å². The minimum atomic E-state index is -3.98. The second kappa shape index (κ2) is 11.8. The molecular formula is C27H32N2O5S. The van der Waals surface area contributed by atoms with Gasteiger partial charge in [0.1, 0.15) is 18.0 Å². The Bertz CT molecular complexity index is 1230. The van der Waals surface area contributed by atoms with Crippen LogP contribution in [0.5, 0.6) is 11.5 Å². The third-order valence-corrected chi connectivity index (χ3v) is 7.41. The number of ether oxygens (including phenoxy) is 2. The van der Waals surface area contributed by atoms with Crippen LogP contribution in [0.3, 0.4) is 0 Å². The number of methoxy groups -OCH3 is 1. The van der Waals surface area contributed by atoms with E-state index in [9.17, 15) is 13.2 Å². The number of anilines is 1. The molecule has 0 aliphatic heterocycles. The van der Waals surface area contributed by atoms with Crippen molar-refractivity contribution in [1.82, 2.24) is 5.32 Å². The highest BCUT2D eigenvalue weighted by Gasteiger charge is 2.28. The minimum absolute atomic E-state index is 0.111. The van der Waals surface area contributed by atoms with E-state index in [0.29, 0.717) is 24.5 Å². The largest absolute Gasteiger partial charge is 0.496 e. The van der Waals surface area contributed by atoms with Gasteiger partial charge in [0.2, 0.25) is 5.91 Å². The van der Waals surface area contributed by atoms with Gasteiger partial charge >= 0.3 is 0 Å². The molecule has 0 aromatic heterocycles. The first-order valence-electron chi connectivity index (χ1n) is 11.5. The van der Waals surface area contributed by atoms with Gasteiger partial charge in [-0.1, -0.05) is 37.3 Å². The first kappa shape index (κ1) is 26.1. The first-order chi connectivity index (χ1) is 16.8. The Labute approximate surface area is 207 Å². The molecule has 0 saturated heterocycles. The monoisotopic (exact) mass is 496 g/mol. The fraction of sp³-hybridized carbons (Fsp3) is 0.296. The average Bonchev–Trinajstić information content (AvgIpc) is 2.87. The standard InChI is InChI=1S/C27H32N2O5S/c1-5-25(21-12-17-26(33-4)20(3)18-21)28-27(30)19-29(22-13-15-23(16-14-22)34-6-2)35(31,32)24-10-8-7-9-11-24/h7-18,25H,5-6,19H2,1-4H3,(H,28,30). The van der Waals surface area contributed by atoms with Gasteiger partial charge in [-0.15, -0.1) is 0 Å². The molecule has 3 aromatic carbocycles. The summed E-state index contributed by atoms with van der Waals surface area (Å²) in [6.45, 7) is 5.92. The molecule has 3 rings (SSSR count). The number of amides is 1. The van der Waals surface area contributed by atoms with Crippen LogP contribution in [0.1, 0.15) is 37.4 Å². The summed E-state index contributed by atoms with van der Waals surface area (Å²) in [7, 11) is -2.37. The number of hydrogen-bond donors (Lipinski definition) is 1. The number of carbonyl (C=O) groups excluding carboxylic acids is 1. The molecule has 0 aliphatic carbocycles. The molecule has 0 heterocycles. The van der Waals surface area contributed by atoms with Gasteiger partial charge in [-0.2, -0.15) is 0 Å². The van der Waals surface area contributed by atoms with Crippen molar-refractivity contribution in [3.8, 4) is 11.5 Å². The second-order valence-corrected chi connectivity index (χ2v) is 9.87. The van der Waals surface area contributed by atoms with Crippen LogP contribution in [0.25, 0.3) is 0 Å². The molecule has 1 N–H and O–H groups in total. The lowest BCUT2D eigenvalue weighted by molar-refractivity contribution is -0.120.